The van der Waals surface area contributed by atoms with Gasteiger partial charge in [0.05, 0.1) is 0 Å². The molecule has 6 amide bonds. The first-order chi connectivity index (χ1) is 65.2. The fraction of sp³-hybridized carbons (Fsp3) is 0.0241. The van der Waals surface area contributed by atoms with Crippen LogP contribution >= 0.6 is 217 Å². The summed E-state index contributed by atoms with van der Waals surface area (Å²) in [5.74, 6) is 4.86. The van der Waals surface area contributed by atoms with Crippen LogP contribution in [0.1, 0.15) is 52.4 Å². The Morgan fingerprint density at radius 2 is 0.422 bits per heavy atom. The van der Waals surface area contributed by atoms with E-state index in [4.69, 9.17) is 44.7 Å². The molecule has 52 heteroatoms. The maximum Gasteiger partial charge on any atom is 0.279 e. The lowest BCUT2D eigenvalue weighted by Gasteiger charge is -1.95. The minimum atomic E-state index is -0.430. The lowest BCUT2D eigenvalue weighted by molar-refractivity contribution is -0.115. The molecule has 37 nitrogen and oxygen atoms in total. The van der Waals surface area contributed by atoms with Crippen molar-refractivity contribution < 1.29 is 73.5 Å². The highest BCUT2D eigenvalue weighted by atomic mass is 79.9. The maximum absolute atomic E-state index is 12.3. The van der Waals surface area contributed by atoms with Crippen LogP contribution in [0.4, 0.5) is 25.7 Å². The number of carbonyl (C=O) groups is 6. The number of furan rings is 5. The van der Waals surface area contributed by atoms with E-state index in [0.29, 0.717) is 136 Å². The average molecular weight is 2550 g/mol. The summed E-state index contributed by atoms with van der Waals surface area (Å²) in [5.41, 5.74) is 4.87. The van der Waals surface area contributed by atoms with Crippen molar-refractivity contribution in [1.29, 1.82) is 0 Å². The van der Waals surface area contributed by atoms with Crippen molar-refractivity contribution in [2.45, 2.75) is 0 Å². The van der Waals surface area contributed by atoms with Gasteiger partial charge in [0, 0.05) is 152 Å². The molecule has 0 aliphatic heterocycles. The fourth-order valence-electron chi connectivity index (χ4n) is 10.5. The zero-order valence-corrected chi connectivity index (χ0v) is 87.2. The van der Waals surface area contributed by atoms with E-state index in [1.54, 1.807) is 105 Å². The van der Waals surface area contributed by atoms with Gasteiger partial charge in [-0.3, -0.25) is 55.4 Å². The van der Waals surface area contributed by atoms with Gasteiger partial charge in [0.1, 0.15) is 0 Å². The van der Waals surface area contributed by atoms with Crippen molar-refractivity contribution in [2.75, 3.05) is 40.7 Å². The van der Waals surface area contributed by atoms with Crippen LogP contribution in [0.5, 0.6) is 0 Å². The molecule has 0 aliphatic carbocycles. The number of hydrogen-bond donors (Lipinski definition) is 5. The number of halogens is 10. The molecule has 20 rings (SSSR count). The summed E-state index contributed by atoms with van der Waals surface area (Å²) in [7, 11) is 3.38. The van der Waals surface area contributed by atoms with E-state index >= 15 is 0 Å². The molecule has 0 saturated heterocycles. The van der Waals surface area contributed by atoms with Crippen LogP contribution < -0.4 is 26.6 Å². The summed E-state index contributed by atoms with van der Waals surface area (Å²) < 4.78 is 81.6. The molecule has 5 aromatic carbocycles. The zero-order chi connectivity index (χ0) is 94.8. The molecule has 0 spiro atoms. The quantitative estimate of drug-likeness (QED) is 0.0417. The highest BCUT2D eigenvalue weighted by molar-refractivity contribution is 9.12. The highest BCUT2D eigenvalue weighted by Gasteiger charge is 2.25. The van der Waals surface area contributed by atoms with E-state index < -0.39 is 29.5 Å². The SMILES string of the molecule is CN(C)C=O.O=C(Nc1nc(-c2ccc(Br)o2)ns1)c1cc(-c2ccc(Br)cc2)on1.O=C(Nc1nc(-c2ccc(Br)o2)ns1)c1cc(-c2ccc(Br)cc2)on1.O=C(Nc1nc(-c2ccc(Br)o2)ns1)c1cc(-c2ccc(Br)cc2)on1.O=C(Nc1nc(-c2ccc(Br)o2)ns1)c1cc(-c2ccc(Br)cc2)on1.O=C(Nc1nc(-c2ccc(Br)o2)ns1)c1cc(-c2ccc(Br)cc2)on1. The van der Waals surface area contributed by atoms with Gasteiger partial charge in [-0.25, -0.2) is 0 Å². The first kappa shape index (κ1) is 97.5. The van der Waals surface area contributed by atoms with Gasteiger partial charge < -0.3 is 49.6 Å². The molecule has 0 saturated carbocycles. The van der Waals surface area contributed by atoms with Gasteiger partial charge in [-0.1, -0.05) is 166 Å². The van der Waals surface area contributed by atoms with Gasteiger partial charge in [-0.05, 0) is 201 Å². The standard InChI is InChI=1S/5C16H8Br2N4O3S.C3H7NO/c5*17-9-3-1-8(2-4-9)12-7-10(21-25-12)15(23)20-16-19-14(22-26-16)11-5-6-13(18)24-11;1-4(2)3-5/h5*1-7H,(H,19,20,22,23);3H,1-2H3. The first-order valence-corrected chi connectivity index (χ1v) is 49.3. The number of aromatic nitrogens is 15. The van der Waals surface area contributed by atoms with Gasteiger partial charge in [0.25, 0.3) is 29.5 Å². The van der Waals surface area contributed by atoms with Crippen molar-refractivity contribution in [3.05, 3.63) is 287 Å². The molecular formula is C83H47Br10N21O16S5. The van der Waals surface area contributed by atoms with E-state index in [1.807, 2.05) is 121 Å². The number of nitrogens with zero attached hydrogens (tertiary/aromatic N) is 16. The van der Waals surface area contributed by atoms with Gasteiger partial charge in [0.15, 0.2) is 109 Å². The van der Waals surface area contributed by atoms with Crippen LogP contribution in [0.3, 0.4) is 0 Å². The van der Waals surface area contributed by atoms with Crippen molar-refractivity contribution >= 4 is 279 Å². The van der Waals surface area contributed by atoms with Gasteiger partial charge in [-0.2, -0.15) is 46.8 Å². The maximum atomic E-state index is 12.3. The number of benzene rings is 5. The third kappa shape index (κ3) is 27.0. The van der Waals surface area contributed by atoms with Crippen molar-refractivity contribution in [2.24, 2.45) is 0 Å². The molecule has 0 unspecified atom stereocenters. The zero-order valence-electron chi connectivity index (χ0n) is 67.3. The molecular weight excluding hydrogens is 2510 g/mol. The van der Waals surface area contributed by atoms with Crippen LogP contribution in [0.15, 0.2) is 303 Å². The van der Waals surface area contributed by atoms with Crippen LogP contribution in [0.2, 0.25) is 0 Å². The predicted octanol–water partition coefficient (Wildman–Crippen LogP) is 25.9. The Hall–Kier alpha value is -12.0. The molecule has 0 bridgehead atoms. The molecule has 15 heterocycles. The molecule has 0 fully saturated rings. The molecule has 20 aromatic rings. The van der Waals surface area contributed by atoms with Crippen LogP contribution in [0, 0.1) is 0 Å². The number of amides is 6. The van der Waals surface area contributed by atoms with Crippen LogP contribution in [-0.4, -0.2) is 128 Å². The minimum Gasteiger partial charge on any atom is -0.446 e. The summed E-state index contributed by atoms with van der Waals surface area (Å²) in [5, 5.41) is 34.0. The summed E-state index contributed by atoms with van der Waals surface area (Å²) >= 11 is 38.2. The number of rotatable bonds is 21. The van der Waals surface area contributed by atoms with E-state index in [9.17, 15) is 28.8 Å². The van der Waals surface area contributed by atoms with Crippen LogP contribution in [0.25, 0.3) is 115 Å². The Kier molecular flexibility index (Phi) is 33.2. The van der Waals surface area contributed by atoms with Crippen LogP contribution in [-0.2, 0) is 4.79 Å². The Morgan fingerprint density at radius 1 is 0.259 bits per heavy atom. The summed E-state index contributed by atoms with van der Waals surface area (Å²) in [4.78, 5) is 93.7. The third-order valence-electron chi connectivity index (χ3n) is 16.8. The van der Waals surface area contributed by atoms with E-state index in [1.165, 1.54) is 4.90 Å². The molecule has 15 aromatic heterocycles. The number of nitrogens with one attached hydrogen (secondary N) is 5. The second kappa shape index (κ2) is 46.0. The number of carbonyl (C=O) groups excluding carboxylic acids is 6. The Labute approximate surface area is 862 Å². The molecule has 0 radical (unpaired) electrons. The van der Waals surface area contributed by atoms with E-state index in [-0.39, 0.29) is 28.5 Å². The smallest absolute Gasteiger partial charge is 0.279 e. The molecule has 5 N–H and O–H groups in total. The van der Waals surface area contributed by atoms with Gasteiger partial charge in [-0.15, -0.1) is 0 Å². The highest BCUT2D eigenvalue weighted by Crippen LogP contribution is 2.35. The van der Waals surface area contributed by atoms with Gasteiger partial charge >= 0.3 is 0 Å². The Bertz CT molecular complexity index is 6480. The van der Waals surface area contributed by atoms with Crippen molar-refractivity contribution in [3.63, 3.8) is 0 Å². The number of hydrogen-bond acceptors (Lipinski definition) is 36. The summed E-state index contributed by atoms with van der Waals surface area (Å²) in [6, 6.07) is 62.7. The summed E-state index contributed by atoms with van der Waals surface area (Å²) in [6.07, 6.45) is 0.750. The molecule has 0 aliphatic rings. The second-order valence-corrected chi connectivity index (χ2v) is 38.6. The molecule has 135 heavy (non-hydrogen) atoms. The van der Waals surface area contributed by atoms with Crippen molar-refractivity contribution in [1.82, 2.24) is 77.5 Å². The molecule has 680 valence electrons. The molecule has 0 atom stereocenters. The average Bonchev–Trinajstić information content (AvgIpc) is 1.70. The Morgan fingerprint density at radius 3 is 0.563 bits per heavy atom. The largest absolute Gasteiger partial charge is 0.446 e. The lowest BCUT2D eigenvalue weighted by atomic mass is 10.1. The lowest BCUT2D eigenvalue weighted by Crippen LogP contribution is -2.11. The monoisotopic (exact) mass is 2540 g/mol. The van der Waals surface area contributed by atoms with E-state index in [0.717, 1.165) is 114 Å². The predicted molar refractivity (Wildman–Crippen MR) is 534 cm³/mol. The minimum absolute atomic E-state index is 0.153. The third-order valence-corrected chi connectivity index (χ3v) is 24.7. The first-order valence-electron chi connectivity index (χ1n) is 37.5. The van der Waals surface area contributed by atoms with E-state index in [2.05, 4.69) is 258 Å². The van der Waals surface area contributed by atoms with Gasteiger partial charge in [0.2, 0.25) is 61.2 Å². The number of anilines is 5. The summed E-state index contributed by atoms with van der Waals surface area (Å²) in [6.45, 7) is 0. The Balaban J connectivity index is 0.000000127. The fourth-order valence-corrected chi connectivity index (χ4v) is 16.2. The van der Waals surface area contributed by atoms with Crippen molar-refractivity contribution in [3.8, 4) is 115 Å². The second-order valence-electron chi connectivity index (χ2n) is 26.4. The normalized spacial score (nSPS) is 10.7. The topological polar surface area (TPSA) is 491 Å².